The molecule has 0 saturated carbocycles. The summed E-state index contributed by atoms with van der Waals surface area (Å²) < 4.78 is 11.3. The highest BCUT2D eigenvalue weighted by Crippen LogP contribution is 2.23. The monoisotopic (exact) mass is 332 g/mol. The van der Waals surface area contributed by atoms with Crippen LogP contribution in [0.2, 0.25) is 0 Å². The van der Waals surface area contributed by atoms with Crippen molar-refractivity contribution < 1.29 is 9.47 Å². The summed E-state index contributed by atoms with van der Waals surface area (Å²) in [5, 5.41) is 3.71. The summed E-state index contributed by atoms with van der Waals surface area (Å²) >= 11 is 0. The van der Waals surface area contributed by atoms with Crippen LogP contribution >= 0.6 is 0 Å². The van der Waals surface area contributed by atoms with Gasteiger partial charge in [-0.25, -0.2) is 0 Å². The zero-order valence-electron chi connectivity index (χ0n) is 15.3. The number of anilines is 1. The second kappa shape index (κ2) is 8.32. The normalized spacial score (nSPS) is 27.8. The van der Waals surface area contributed by atoms with Gasteiger partial charge in [-0.1, -0.05) is 12.1 Å². The van der Waals surface area contributed by atoms with Crippen LogP contribution in [0.15, 0.2) is 24.3 Å². The molecule has 2 aliphatic heterocycles. The van der Waals surface area contributed by atoms with Crippen molar-refractivity contribution in [2.45, 2.75) is 58.4 Å². The lowest BCUT2D eigenvalue weighted by molar-refractivity contribution is -0.0704. The van der Waals surface area contributed by atoms with Crippen molar-refractivity contribution >= 4 is 5.69 Å². The van der Waals surface area contributed by atoms with Gasteiger partial charge in [-0.2, -0.15) is 0 Å². The van der Waals surface area contributed by atoms with E-state index in [0.717, 1.165) is 45.7 Å². The van der Waals surface area contributed by atoms with Gasteiger partial charge in [0.25, 0.3) is 0 Å². The molecule has 1 aromatic rings. The van der Waals surface area contributed by atoms with Crippen molar-refractivity contribution in [2.75, 3.05) is 31.6 Å². The molecule has 1 aromatic carbocycles. The molecule has 0 spiro atoms. The number of hydrogen-bond donors (Lipinski definition) is 1. The van der Waals surface area contributed by atoms with E-state index in [2.05, 4.69) is 55.3 Å². The Hall–Kier alpha value is -1.10. The Balaban J connectivity index is 1.57. The van der Waals surface area contributed by atoms with Crippen LogP contribution in [0.5, 0.6) is 0 Å². The lowest BCUT2D eigenvalue weighted by atomic mass is 9.93. The smallest absolute Gasteiger partial charge is 0.0678 e. The summed E-state index contributed by atoms with van der Waals surface area (Å²) in [6.07, 6.45) is 2.97. The van der Waals surface area contributed by atoms with E-state index in [0.29, 0.717) is 24.2 Å². The van der Waals surface area contributed by atoms with E-state index in [1.54, 1.807) is 0 Å². The van der Waals surface area contributed by atoms with Crippen molar-refractivity contribution in [1.82, 2.24) is 4.90 Å². The number of ether oxygens (including phenoxy) is 2. The van der Waals surface area contributed by atoms with E-state index in [1.165, 1.54) is 11.3 Å². The number of nitrogens with one attached hydrogen (secondary N) is 1. The van der Waals surface area contributed by atoms with Crippen molar-refractivity contribution in [2.24, 2.45) is 5.92 Å². The van der Waals surface area contributed by atoms with Gasteiger partial charge < -0.3 is 14.8 Å². The molecule has 24 heavy (non-hydrogen) atoms. The topological polar surface area (TPSA) is 33.7 Å². The van der Waals surface area contributed by atoms with Crippen LogP contribution in [0.1, 0.15) is 39.2 Å². The molecule has 3 rings (SSSR count). The molecule has 2 fully saturated rings. The summed E-state index contributed by atoms with van der Waals surface area (Å²) in [7, 11) is 0. The molecule has 2 heterocycles. The molecule has 0 aliphatic carbocycles. The van der Waals surface area contributed by atoms with Crippen molar-refractivity contribution in [1.29, 1.82) is 0 Å². The lowest BCUT2D eigenvalue weighted by Gasteiger charge is -2.35. The maximum Gasteiger partial charge on any atom is 0.0678 e. The van der Waals surface area contributed by atoms with Crippen LogP contribution in [0, 0.1) is 5.92 Å². The van der Waals surface area contributed by atoms with Crippen LogP contribution in [0.4, 0.5) is 5.69 Å². The molecule has 2 aliphatic rings. The second-order valence-electron chi connectivity index (χ2n) is 7.53. The third kappa shape index (κ3) is 4.95. The van der Waals surface area contributed by atoms with Gasteiger partial charge in [-0.3, -0.25) is 4.90 Å². The highest BCUT2D eigenvalue weighted by atomic mass is 16.5. The highest BCUT2D eigenvalue weighted by molar-refractivity contribution is 5.46. The van der Waals surface area contributed by atoms with E-state index in [9.17, 15) is 0 Å². The maximum atomic E-state index is 5.83. The van der Waals surface area contributed by atoms with E-state index in [-0.39, 0.29) is 0 Å². The minimum absolute atomic E-state index is 0.323. The van der Waals surface area contributed by atoms with E-state index >= 15 is 0 Å². The number of morpholine rings is 1. The van der Waals surface area contributed by atoms with Crippen LogP contribution in [0.3, 0.4) is 0 Å². The first-order chi connectivity index (χ1) is 11.6. The summed E-state index contributed by atoms with van der Waals surface area (Å²) in [4.78, 5) is 2.50. The molecule has 1 N–H and O–H groups in total. The average Bonchev–Trinajstić information content (AvgIpc) is 2.55. The van der Waals surface area contributed by atoms with Crippen molar-refractivity contribution in [3.05, 3.63) is 29.8 Å². The van der Waals surface area contributed by atoms with E-state index in [1.807, 2.05) is 0 Å². The lowest BCUT2D eigenvalue weighted by Crippen LogP contribution is -2.44. The van der Waals surface area contributed by atoms with E-state index < -0.39 is 0 Å². The third-order valence-electron chi connectivity index (χ3n) is 5.20. The van der Waals surface area contributed by atoms with Gasteiger partial charge in [0.15, 0.2) is 0 Å². The Morgan fingerprint density at radius 1 is 1.17 bits per heavy atom. The number of benzene rings is 1. The fraction of sp³-hybridized carbons (Fsp3) is 0.700. The highest BCUT2D eigenvalue weighted by Gasteiger charge is 2.23. The second-order valence-corrected chi connectivity index (χ2v) is 7.53. The summed E-state index contributed by atoms with van der Waals surface area (Å²) in [6, 6.07) is 9.38. The van der Waals surface area contributed by atoms with Crippen LogP contribution in [-0.4, -0.2) is 49.5 Å². The Bertz CT molecular complexity index is 506. The summed E-state index contributed by atoms with van der Waals surface area (Å²) in [6.45, 7) is 11.5. The SMILES string of the molecule is C[C@@H]1CN(Cc2cccc(N[C@@H](C)C3CCOCC3)c2)C[C@@H](C)O1. The molecule has 134 valence electrons. The number of rotatable bonds is 5. The van der Waals surface area contributed by atoms with Gasteiger partial charge >= 0.3 is 0 Å². The van der Waals surface area contributed by atoms with Gasteiger partial charge in [-0.15, -0.1) is 0 Å². The molecule has 0 aromatic heterocycles. The Morgan fingerprint density at radius 3 is 2.58 bits per heavy atom. The zero-order valence-corrected chi connectivity index (χ0v) is 15.3. The quantitative estimate of drug-likeness (QED) is 0.894. The molecule has 0 amide bonds. The first kappa shape index (κ1) is 17.7. The van der Waals surface area contributed by atoms with Crippen molar-refractivity contribution in [3.8, 4) is 0 Å². The van der Waals surface area contributed by atoms with E-state index in [4.69, 9.17) is 9.47 Å². The molecule has 0 unspecified atom stereocenters. The maximum absolute atomic E-state index is 5.83. The largest absolute Gasteiger partial charge is 0.382 e. The minimum Gasteiger partial charge on any atom is -0.382 e. The third-order valence-corrected chi connectivity index (χ3v) is 5.20. The summed E-state index contributed by atoms with van der Waals surface area (Å²) in [5.74, 6) is 0.711. The number of nitrogens with zero attached hydrogens (tertiary/aromatic N) is 1. The average molecular weight is 332 g/mol. The van der Waals surface area contributed by atoms with Gasteiger partial charge in [0.2, 0.25) is 0 Å². The van der Waals surface area contributed by atoms with Gasteiger partial charge in [0.05, 0.1) is 12.2 Å². The first-order valence-corrected chi connectivity index (χ1v) is 9.41. The van der Waals surface area contributed by atoms with Crippen LogP contribution in [-0.2, 0) is 16.0 Å². The fourth-order valence-corrected chi connectivity index (χ4v) is 4.03. The molecule has 0 radical (unpaired) electrons. The molecule has 0 bridgehead atoms. The van der Waals surface area contributed by atoms with Crippen LogP contribution < -0.4 is 5.32 Å². The van der Waals surface area contributed by atoms with Gasteiger partial charge in [-0.05, 0) is 57.2 Å². The predicted octanol–water partition coefficient (Wildman–Crippen LogP) is 3.52. The molecule has 3 atom stereocenters. The first-order valence-electron chi connectivity index (χ1n) is 9.41. The zero-order chi connectivity index (χ0) is 16.9. The standard InChI is InChI=1S/C20H32N2O2/c1-15-12-22(13-16(2)24-15)14-18-5-4-6-20(11-18)21-17(3)19-7-9-23-10-8-19/h4-6,11,15-17,19,21H,7-10,12-14H2,1-3H3/t15-,16-,17+/m1/s1. The van der Waals surface area contributed by atoms with Gasteiger partial charge in [0.1, 0.15) is 0 Å². The molecule has 2 saturated heterocycles. The minimum atomic E-state index is 0.323. The van der Waals surface area contributed by atoms with Crippen molar-refractivity contribution in [3.63, 3.8) is 0 Å². The summed E-state index contributed by atoms with van der Waals surface area (Å²) in [5.41, 5.74) is 2.61. The molecule has 4 nitrogen and oxygen atoms in total. The molecular formula is C20H32N2O2. The predicted molar refractivity (Wildman–Crippen MR) is 98.4 cm³/mol. The van der Waals surface area contributed by atoms with Gasteiger partial charge in [0, 0.05) is 44.6 Å². The Labute approximate surface area is 146 Å². The number of hydrogen-bond acceptors (Lipinski definition) is 4. The Kier molecular flexibility index (Phi) is 6.14. The van der Waals surface area contributed by atoms with Crippen LogP contribution in [0.25, 0.3) is 0 Å². The molecular weight excluding hydrogens is 300 g/mol. The Morgan fingerprint density at radius 2 is 1.88 bits per heavy atom. The fourth-order valence-electron chi connectivity index (χ4n) is 4.03. The molecule has 4 heteroatoms.